The van der Waals surface area contributed by atoms with E-state index in [1.165, 1.54) is 34.6 Å². The monoisotopic (exact) mass is 530 g/mol. The maximum Gasteiger partial charge on any atom is 0.295 e. The lowest BCUT2D eigenvalue weighted by molar-refractivity contribution is -0.113. The Kier molecular flexibility index (Phi) is 7.80. The van der Waals surface area contributed by atoms with Crippen LogP contribution in [-0.2, 0) is 25.0 Å². The number of ether oxygens (including phenoxy) is 1. The summed E-state index contributed by atoms with van der Waals surface area (Å²) in [5.74, 6) is 0.120. The van der Waals surface area contributed by atoms with Gasteiger partial charge < -0.3 is 14.6 Å². The van der Waals surface area contributed by atoms with Crippen molar-refractivity contribution in [1.29, 1.82) is 0 Å². The first kappa shape index (κ1) is 25.5. The normalized spacial score (nSPS) is 11.0. The maximum absolute atomic E-state index is 13.3. The van der Waals surface area contributed by atoms with Gasteiger partial charge >= 0.3 is 0 Å². The Morgan fingerprint density at radius 2 is 1.94 bits per heavy atom. The molecular weight excluding hydrogens is 507 g/mol. The van der Waals surface area contributed by atoms with Crippen LogP contribution in [0.3, 0.4) is 0 Å². The van der Waals surface area contributed by atoms with Gasteiger partial charge in [0.25, 0.3) is 5.56 Å². The number of hydrogen-bond acceptors (Lipinski definition) is 6. The van der Waals surface area contributed by atoms with Gasteiger partial charge in [0, 0.05) is 19.7 Å². The first-order chi connectivity index (χ1) is 17.3. The fraction of sp³-hybridized carbons (Fsp3) is 0.250. The molecule has 0 aliphatic rings. The van der Waals surface area contributed by atoms with Gasteiger partial charge in [-0.2, -0.15) is 0 Å². The molecule has 0 aliphatic carbocycles. The SMILES string of the molecule is CCn1c(COc2ccc(F)c(Cl)c2)nnc1SCC(=O)Nc1c(C)n(C)n(-c2ccccc2)c1=O. The van der Waals surface area contributed by atoms with Gasteiger partial charge in [0.05, 0.1) is 22.2 Å². The number of para-hydroxylation sites is 1. The summed E-state index contributed by atoms with van der Waals surface area (Å²) in [6.45, 7) is 4.35. The molecule has 0 aliphatic heterocycles. The van der Waals surface area contributed by atoms with Crippen LogP contribution in [0, 0.1) is 12.7 Å². The molecule has 12 heteroatoms. The van der Waals surface area contributed by atoms with Crippen LogP contribution in [-0.4, -0.2) is 35.8 Å². The van der Waals surface area contributed by atoms with Crippen LogP contribution in [0.4, 0.5) is 10.1 Å². The second kappa shape index (κ2) is 11.0. The largest absolute Gasteiger partial charge is 0.486 e. The number of benzene rings is 2. The van der Waals surface area contributed by atoms with Crippen molar-refractivity contribution in [1.82, 2.24) is 24.1 Å². The fourth-order valence-corrected chi connectivity index (χ4v) is 4.57. The van der Waals surface area contributed by atoms with Gasteiger partial charge in [0.1, 0.15) is 23.9 Å². The lowest BCUT2D eigenvalue weighted by atomic mass is 10.3. The molecule has 4 aromatic rings. The van der Waals surface area contributed by atoms with E-state index in [0.29, 0.717) is 34.7 Å². The number of aromatic nitrogens is 5. The Balaban J connectivity index is 1.41. The molecule has 1 amide bonds. The van der Waals surface area contributed by atoms with Crippen LogP contribution in [0.2, 0.25) is 5.02 Å². The molecular formula is C24H24ClFN6O3S. The molecule has 36 heavy (non-hydrogen) atoms. The van der Waals surface area contributed by atoms with Crippen molar-refractivity contribution < 1.29 is 13.9 Å². The van der Waals surface area contributed by atoms with Crippen molar-refractivity contribution in [2.45, 2.75) is 32.2 Å². The average molecular weight is 531 g/mol. The van der Waals surface area contributed by atoms with E-state index in [4.69, 9.17) is 16.3 Å². The zero-order valence-corrected chi connectivity index (χ0v) is 21.4. The van der Waals surface area contributed by atoms with Crippen molar-refractivity contribution in [3.05, 3.63) is 81.2 Å². The summed E-state index contributed by atoms with van der Waals surface area (Å²) < 4.78 is 24.0. The zero-order chi connectivity index (χ0) is 25.8. The van der Waals surface area contributed by atoms with E-state index < -0.39 is 5.82 Å². The van der Waals surface area contributed by atoms with E-state index in [-0.39, 0.29) is 34.5 Å². The van der Waals surface area contributed by atoms with Crippen LogP contribution < -0.4 is 15.6 Å². The van der Waals surface area contributed by atoms with Gasteiger partial charge in [0.15, 0.2) is 11.0 Å². The van der Waals surface area contributed by atoms with E-state index in [1.807, 2.05) is 41.8 Å². The molecule has 4 rings (SSSR count). The number of halogens is 2. The van der Waals surface area contributed by atoms with E-state index in [0.717, 1.165) is 0 Å². The predicted molar refractivity (Wildman–Crippen MR) is 137 cm³/mol. The lowest BCUT2D eigenvalue weighted by Crippen LogP contribution is -2.23. The van der Waals surface area contributed by atoms with Crippen LogP contribution in [0.1, 0.15) is 18.4 Å². The Morgan fingerprint density at radius 1 is 1.19 bits per heavy atom. The minimum absolute atomic E-state index is 0.0316. The third-order valence-corrected chi connectivity index (χ3v) is 6.78. The number of nitrogens with zero attached hydrogens (tertiary/aromatic N) is 5. The number of hydrogen-bond donors (Lipinski definition) is 1. The van der Waals surface area contributed by atoms with Gasteiger partial charge in [-0.25, -0.2) is 9.07 Å². The number of rotatable bonds is 9. The van der Waals surface area contributed by atoms with E-state index in [1.54, 1.807) is 18.7 Å². The van der Waals surface area contributed by atoms with Crippen LogP contribution >= 0.6 is 23.4 Å². The molecule has 0 spiro atoms. The van der Waals surface area contributed by atoms with E-state index in [9.17, 15) is 14.0 Å². The van der Waals surface area contributed by atoms with Crippen molar-refractivity contribution in [3.8, 4) is 11.4 Å². The van der Waals surface area contributed by atoms with Crippen LogP contribution in [0.25, 0.3) is 5.69 Å². The molecule has 2 aromatic heterocycles. The highest BCUT2D eigenvalue weighted by Gasteiger charge is 2.19. The highest BCUT2D eigenvalue weighted by molar-refractivity contribution is 7.99. The summed E-state index contributed by atoms with van der Waals surface area (Å²) in [5, 5.41) is 11.6. The zero-order valence-electron chi connectivity index (χ0n) is 19.9. The van der Waals surface area contributed by atoms with Gasteiger partial charge in [-0.1, -0.05) is 41.6 Å². The van der Waals surface area contributed by atoms with Crippen molar-refractivity contribution >= 4 is 35.0 Å². The Labute approximate surface area is 215 Å². The molecule has 0 saturated carbocycles. The fourth-order valence-electron chi connectivity index (χ4n) is 3.58. The number of amides is 1. The molecule has 2 aromatic carbocycles. The van der Waals surface area contributed by atoms with E-state index >= 15 is 0 Å². The quantitative estimate of drug-likeness (QED) is 0.326. The van der Waals surface area contributed by atoms with Crippen molar-refractivity contribution in [3.63, 3.8) is 0 Å². The minimum Gasteiger partial charge on any atom is -0.486 e. The van der Waals surface area contributed by atoms with Crippen LogP contribution in [0.15, 0.2) is 58.5 Å². The molecule has 0 unspecified atom stereocenters. The number of carbonyl (C=O) groups is 1. The smallest absolute Gasteiger partial charge is 0.295 e. The molecule has 0 saturated heterocycles. The highest BCUT2D eigenvalue weighted by Crippen LogP contribution is 2.23. The van der Waals surface area contributed by atoms with Crippen molar-refractivity contribution in [2.75, 3.05) is 11.1 Å². The summed E-state index contributed by atoms with van der Waals surface area (Å²) in [4.78, 5) is 25.7. The Bertz CT molecular complexity index is 1450. The second-order valence-corrected chi connectivity index (χ2v) is 9.13. The average Bonchev–Trinajstić information content (AvgIpc) is 3.37. The van der Waals surface area contributed by atoms with Gasteiger partial charge in [0.2, 0.25) is 5.91 Å². The van der Waals surface area contributed by atoms with E-state index in [2.05, 4.69) is 15.5 Å². The molecule has 188 valence electrons. The molecule has 0 radical (unpaired) electrons. The maximum atomic E-state index is 13.3. The van der Waals surface area contributed by atoms with Crippen LogP contribution in [0.5, 0.6) is 5.75 Å². The van der Waals surface area contributed by atoms with Gasteiger partial charge in [-0.05, 0) is 38.1 Å². The molecule has 0 atom stereocenters. The van der Waals surface area contributed by atoms with Crippen molar-refractivity contribution in [2.24, 2.45) is 7.05 Å². The topological polar surface area (TPSA) is 96.0 Å². The Morgan fingerprint density at radius 3 is 2.64 bits per heavy atom. The summed E-state index contributed by atoms with van der Waals surface area (Å²) in [5.41, 5.74) is 1.27. The summed E-state index contributed by atoms with van der Waals surface area (Å²) in [6, 6.07) is 13.3. The minimum atomic E-state index is -0.526. The molecule has 2 heterocycles. The second-order valence-electron chi connectivity index (χ2n) is 7.78. The third-order valence-electron chi connectivity index (χ3n) is 5.52. The Hall–Kier alpha value is -3.57. The molecule has 1 N–H and O–H groups in total. The highest BCUT2D eigenvalue weighted by atomic mass is 35.5. The first-order valence-corrected chi connectivity index (χ1v) is 12.4. The predicted octanol–water partition coefficient (Wildman–Crippen LogP) is 4.20. The number of carbonyl (C=O) groups excluding carboxylic acids is 1. The molecule has 0 bridgehead atoms. The lowest BCUT2D eigenvalue weighted by Gasteiger charge is -2.09. The summed E-state index contributed by atoms with van der Waals surface area (Å²) in [6.07, 6.45) is 0. The summed E-state index contributed by atoms with van der Waals surface area (Å²) >= 11 is 7.00. The number of nitrogens with one attached hydrogen (secondary N) is 1. The van der Waals surface area contributed by atoms with Gasteiger partial charge in [-0.3, -0.25) is 14.3 Å². The standard InChI is InChI=1S/C24H24ClFN6O3S/c1-4-31-20(13-35-17-10-11-19(26)18(25)12-17)28-29-24(31)36-14-21(33)27-22-15(2)30(3)32(23(22)34)16-8-6-5-7-9-16/h5-12H,4,13-14H2,1-3H3,(H,27,33). The summed E-state index contributed by atoms with van der Waals surface area (Å²) in [7, 11) is 1.77. The third kappa shape index (κ3) is 5.31. The first-order valence-electron chi connectivity index (χ1n) is 11.1. The number of thioether (sulfide) groups is 1. The molecule has 9 nitrogen and oxygen atoms in total. The number of anilines is 1. The molecule has 0 fully saturated rings. The van der Waals surface area contributed by atoms with Gasteiger partial charge in [-0.15, -0.1) is 10.2 Å².